The Balaban J connectivity index is 1.95. The summed E-state index contributed by atoms with van der Waals surface area (Å²) in [6, 6.07) is 4.89. The van der Waals surface area contributed by atoms with Crippen LogP contribution in [0.2, 0.25) is 0 Å². The van der Waals surface area contributed by atoms with Crippen molar-refractivity contribution in [3.05, 3.63) is 42.2 Å². The van der Waals surface area contributed by atoms with Crippen molar-refractivity contribution in [1.82, 2.24) is 4.90 Å². The highest BCUT2D eigenvalue weighted by Crippen LogP contribution is 2.48. The van der Waals surface area contributed by atoms with Gasteiger partial charge in [-0.3, -0.25) is 9.69 Å². The number of likely N-dealkylation sites (tertiary alicyclic amines) is 1. The third-order valence-corrected chi connectivity index (χ3v) is 5.37. The number of carbonyl (C=O) groups is 1. The number of benzene rings is 1. The van der Waals surface area contributed by atoms with E-state index < -0.39 is 5.41 Å². The first-order chi connectivity index (χ1) is 11.3. The van der Waals surface area contributed by atoms with Crippen LogP contribution in [0.5, 0.6) is 0 Å². The van der Waals surface area contributed by atoms with E-state index in [1.807, 2.05) is 31.7 Å². The van der Waals surface area contributed by atoms with Crippen LogP contribution < -0.4 is 4.90 Å². The van der Waals surface area contributed by atoms with Gasteiger partial charge in [0.1, 0.15) is 5.82 Å². The molecule has 1 saturated heterocycles. The van der Waals surface area contributed by atoms with Crippen molar-refractivity contribution in [3.8, 4) is 0 Å². The number of carbonyl (C=O) groups excluding carboxylic acids is 1. The molecule has 0 aromatic heterocycles. The summed E-state index contributed by atoms with van der Waals surface area (Å²) in [5.74, 6) is -0.104. The number of amides is 1. The predicted molar refractivity (Wildman–Crippen MR) is 95.8 cm³/mol. The molecule has 1 aromatic carbocycles. The Morgan fingerprint density at radius 1 is 1.33 bits per heavy atom. The van der Waals surface area contributed by atoms with Gasteiger partial charge < -0.3 is 4.90 Å². The highest BCUT2D eigenvalue weighted by molar-refractivity contribution is 5.99. The van der Waals surface area contributed by atoms with E-state index in [2.05, 4.69) is 11.5 Å². The van der Waals surface area contributed by atoms with E-state index in [9.17, 15) is 9.18 Å². The van der Waals surface area contributed by atoms with Crippen molar-refractivity contribution in [2.75, 3.05) is 31.1 Å². The van der Waals surface area contributed by atoms with Gasteiger partial charge in [0, 0.05) is 29.6 Å². The van der Waals surface area contributed by atoms with Crippen LogP contribution in [-0.2, 0) is 10.2 Å². The van der Waals surface area contributed by atoms with Gasteiger partial charge in [0.05, 0.1) is 0 Å². The fourth-order valence-electron chi connectivity index (χ4n) is 4.00. The van der Waals surface area contributed by atoms with E-state index >= 15 is 0 Å². The van der Waals surface area contributed by atoms with E-state index in [-0.39, 0.29) is 17.1 Å². The van der Waals surface area contributed by atoms with Gasteiger partial charge in [0.2, 0.25) is 5.91 Å². The molecule has 0 unspecified atom stereocenters. The summed E-state index contributed by atoms with van der Waals surface area (Å²) in [5.41, 5.74) is 1.35. The number of anilines is 1. The molecule has 0 bridgehead atoms. The smallest absolute Gasteiger partial charge is 0.232 e. The zero-order valence-electron chi connectivity index (χ0n) is 14.9. The third-order valence-electron chi connectivity index (χ3n) is 5.37. The van der Waals surface area contributed by atoms with Crippen molar-refractivity contribution in [3.63, 3.8) is 0 Å². The molecule has 1 spiro atoms. The Morgan fingerprint density at radius 2 is 2.00 bits per heavy atom. The second kappa shape index (κ2) is 5.99. The number of nitrogens with zero attached hydrogens (tertiary/aromatic N) is 2. The minimum Gasteiger partial charge on any atom is -0.311 e. The maximum atomic E-state index is 13.9. The quantitative estimate of drug-likeness (QED) is 0.771. The molecule has 4 heteroatoms. The predicted octanol–water partition coefficient (Wildman–Crippen LogP) is 3.74. The van der Waals surface area contributed by atoms with Gasteiger partial charge in [-0.1, -0.05) is 26.8 Å². The van der Waals surface area contributed by atoms with E-state index in [1.54, 1.807) is 12.1 Å². The molecule has 0 aliphatic carbocycles. The lowest BCUT2D eigenvalue weighted by molar-refractivity contribution is -0.125. The standard InChI is InChI=1S/C20H27FN2O/c1-5-10-22-11-8-20(9-12-22)14-23(18(24)19(2,3)4)17-7-6-15(21)13-16(17)20/h5-7,13H,1,8-12,14H2,2-4H3. The normalized spacial score (nSPS) is 20.2. The lowest BCUT2D eigenvalue weighted by atomic mass is 9.74. The lowest BCUT2D eigenvalue weighted by Crippen LogP contribution is -2.47. The molecule has 0 N–H and O–H groups in total. The maximum Gasteiger partial charge on any atom is 0.232 e. The minimum absolute atomic E-state index is 0.112. The molecule has 3 rings (SSSR count). The van der Waals surface area contributed by atoms with Gasteiger partial charge in [-0.15, -0.1) is 6.58 Å². The Labute approximate surface area is 144 Å². The van der Waals surface area contributed by atoms with Crippen LogP contribution in [0.25, 0.3) is 0 Å². The lowest BCUT2D eigenvalue weighted by Gasteiger charge is -2.39. The van der Waals surface area contributed by atoms with Gasteiger partial charge in [-0.05, 0) is 49.7 Å². The summed E-state index contributed by atoms with van der Waals surface area (Å²) in [6.45, 7) is 13.1. The summed E-state index contributed by atoms with van der Waals surface area (Å²) >= 11 is 0. The summed E-state index contributed by atoms with van der Waals surface area (Å²) in [4.78, 5) is 17.2. The highest BCUT2D eigenvalue weighted by atomic mass is 19.1. The van der Waals surface area contributed by atoms with Crippen molar-refractivity contribution in [2.24, 2.45) is 5.41 Å². The van der Waals surface area contributed by atoms with Gasteiger partial charge in [-0.25, -0.2) is 4.39 Å². The molecule has 130 valence electrons. The van der Waals surface area contributed by atoms with E-state index in [1.165, 1.54) is 6.07 Å². The Bertz CT molecular complexity index is 654. The minimum atomic E-state index is -0.444. The van der Waals surface area contributed by atoms with Crippen LogP contribution in [0, 0.1) is 11.2 Å². The van der Waals surface area contributed by atoms with Crippen LogP contribution in [0.3, 0.4) is 0 Å². The van der Waals surface area contributed by atoms with Crippen molar-refractivity contribution in [2.45, 2.75) is 39.0 Å². The first-order valence-corrected chi connectivity index (χ1v) is 8.72. The Morgan fingerprint density at radius 3 is 2.58 bits per heavy atom. The number of fused-ring (bicyclic) bond motifs is 2. The molecule has 1 fully saturated rings. The molecular weight excluding hydrogens is 303 g/mol. The van der Waals surface area contributed by atoms with Gasteiger partial charge in [-0.2, -0.15) is 0 Å². The second-order valence-corrected chi connectivity index (χ2v) is 8.17. The van der Waals surface area contributed by atoms with Gasteiger partial charge >= 0.3 is 0 Å². The fourth-order valence-corrected chi connectivity index (χ4v) is 4.00. The third kappa shape index (κ3) is 2.88. The summed E-state index contributed by atoms with van der Waals surface area (Å²) in [6.07, 6.45) is 3.83. The van der Waals surface area contributed by atoms with Crippen LogP contribution in [0.15, 0.2) is 30.9 Å². The molecule has 1 amide bonds. The average molecular weight is 330 g/mol. The monoisotopic (exact) mass is 330 g/mol. The van der Waals surface area contributed by atoms with Crippen molar-refractivity contribution in [1.29, 1.82) is 0 Å². The molecule has 3 nitrogen and oxygen atoms in total. The molecular formula is C20H27FN2O. The average Bonchev–Trinajstić information content (AvgIpc) is 2.82. The SMILES string of the molecule is C=CCN1CCC2(CC1)CN(C(=O)C(C)(C)C)c1ccc(F)cc12. The molecule has 24 heavy (non-hydrogen) atoms. The topological polar surface area (TPSA) is 23.6 Å². The second-order valence-electron chi connectivity index (χ2n) is 8.17. The Kier molecular flexibility index (Phi) is 4.28. The van der Waals surface area contributed by atoms with Gasteiger partial charge in [0.15, 0.2) is 0 Å². The molecule has 2 heterocycles. The molecule has 2 aliphatic heterocycles. The summed E-state index contributed by atoms with van der Waals surface area (Å²) in [5, 5.41) is 0. The molecule has 0 radical (unpaired) electrons. The Hall–Kier alpha value is -1.68. The van der Waals surface area contributed by atoms with Gasteiger partial charge in [0.25, 0.3) is 0 Å². The van der Waals surface area contributed by atoms with E-state index in [0.29, 0.717) is 6.54 Å². The number of rotatable bonds is 2. The first kappa shape index (κ1) is 17.2. The summed E-state index contributed by atoms with van der Waals surface area (Å²) in [7, 11) is 0. The van der Waals surface area contributed by atoms with Crippen LogP contribution in [-0.4, -0.2) is 37.0 Å². The zero-order valence-corrected chi connectivity index (χ0v) is 14.9. The number of hydrogen-bond donors (Lipinski definition) is 0. The van der Waals surface area contributed by atoms with E-state index in [4.69, 9.17) is 0 Å². The molecule has 0 atom stereocenters. The van der Waals surface area contributed by atoms with Crippen molar-refractivity contribution < 1.29 is 9.18 Å². The number of hydrogen-bond acceptors (Lipinski definition) is 2. The van der Waals surface area contributed by atoms with Crippen molar-refractivity contribution >= 4 is 11.6 Å². The molecule has 1 aromatic rings. The number of piperidine rings is 1. The van der Waals surface area contributed by atoms with Crippen LogP contribution in [0.4, 0.5) is 10.1 Å². The van der Waals surface area contributed by atoms with Crippen LogP contribution >= 0.6 is 0 Å². The maximum absolute atomic E-state index is 13.9. The largest absolute Gasteiger partial charge is 0.311 e. The summed E-state index contributed by atoms with van der Waals surface area (Å²) < 4.78 is 13.9. The highest BCUT2D eigenvalue weighted by Gasteiger charge is 2.47. The zero-order chi connectivity index (χ0) is 17.5. The van der Waals surface area contributed by atoms with E-state index in [0.717, 1.165) is 43.7 Å². The first-order valence-electron chi connectivity index (χ1n) is 8.72. The molecule has 2 aliphatic rings. The number of halogens is 1. The fraction of sp³-hybridized carbons (Fsp3) is 0.550. The van der Waals surface area contributed by atoms with Crippen LogP contribution in [0.1, 0.15) is 39.2 Å². The molecule has 0 saturated carbocycles.